The maximum absolute atomic E-state index is 13.2. The molecule has 1 aromatic carbocycles. The van der Waals surface area contributed by atoms with Gasteiger partial charge in [-0.2, -0.15) is 18.3 Å². The number of amides is 2. The molecule has 0 bridgehead atoms. The Balaban J connectivity index is 1.47. The van der Waals surface area contributed by atoms with Gasteiger partial charge in [-0.1, -0.05) is 18.2 Å². The first-order valence-electron chi connectivity index (χ1n) is 9.21. The number of nitrogens with zero attached hydrogens (tertiary/aromatic N) is 2. The van der Waals surface area contributed by atoms with Crippen LogP contribution in [0.1, 0.15) is 18.2 Å². The van der Waals surface area contributed by atoms with Crippen molar-refractivity contribution in [2.75, 3.05) is 11.9 Å². The number of para-hydroxylation sites is 1. The monoisotopic (exact) mass is 436 g/mol. The van der Waals surface area contributed by atoms with Gasteiger partial charge in [0.1, 0.15) is 18.1 Å². The number of rotatable bonds is 9. The first-order chi connectivity index (χ1) is 14.8. The lowest BCUT2D eigenvalue weighted by molar-refractivity contribution is -0.167. The number of alkyl halides is 3. The van der Waals surface area contributed by atoms with Gasteiger partial charge in [0.2, 0.25) is 11.8 Å². The van der Waals surface area contributed by atoms with Crippen molar-refractivity contribution in [1.29, 1.82) is 0 Å². The Labute approximate surface area is 175 Å². The molecule has 0 fully saturated rings. The minimum absolute atomic E-state index is 0.0803. The second-order valence-electron chi connectivity index (χ2n) is 6.44. The van der Waals surface area contributed by atoms with Crippen LogP contribution < -0.4 is 15.4 Å². The number of hydrogen-bond donors (Lipinski definition) is 2. The van der Waals surface area contributed by atoms with Gasteiger partial charge < -0.3 is 19.8 Å². The molecule has 0 saturated carbocycles. The molecular formula is C20H19F3N4O4. The van der Waals surface area contributed by atoms with Gasteiger partial charge in [0.15, 0.2) is 6.04 Å². The number of anilines is 1. The number of aromatic nitrogens is 2. The van der Waals surface area contributed by atoms with E-state index in [1.807, 2.05) is 23.5 Å². The number of hydrogen-bond acceptors (Lipinski definition) is 5. The second-order valence-corrected chi connectivity index (χ2v) is 6.44. The molecule has 0 spiro atoms. The van der Waals surface area contributed by atoms with E-state index in [1.165, 1.54) is 18.5 Å². The quantitative estimate of drug-likeness (QED) is 0.536. The number of halogens is 3. The van der Waals surface area contributed by atoms with Crippen molar-refractivity contribution in [2.24, 2.45) is 0 Å². The number of carbonyl (C=O) groups is 2. The van der Waals surface area contributed by atoms with Gasteiger partial charge in [-0.05, 0) is 24.3 Å². The summed E-state index contributed by atoms with van der Waals surface area (Å²) in [5.74, 6) is -1.04. The van der Waals surface area contributed by atoms with Crippen LogP contribution in [0.2, 0.25) is 0 Å². The van der Waals surface area contributed by atoms with Crippen molar-refractivity contribution in [3.8, 4) is 5.75 Å². The van der Waals surface area contributed by atoms with Crippen LogP contribution in [0.25, 0.3) is 0 Å². The van der Waals surface area contributed by atoms with Gasteiger partial charge in [-0.25, -0.2) is 0 Å². The van der Waals surface area contributed by atoms with Gasteiger partial charge in [0.05, 0.1) is 31.2 Å². The fourth-order valence-corrected chi connectivity index (χ4v) is 2.64. The molecule has 3 aromatic rings. The molecule has 0 aliphatic carbocycles. The summed E-state index contributed by atoms with van der Waals surface area (Å²) < 4.78 is 50.9. The first-order valence-corrected chi connectivity index (χ1v) is 9.21. The zero-order valence-electron chi connectivity index (χ0n) is 16.1. The van der Waals surface area contributed by atoms with Crippen molar-refractivity contribution in [2.45, 2.75) is 25.2 Å². The Hall–Kier alpha value is -3.76. The van der Waals surface area contributed by atoms with Crippen LogP contribution in [0.5, 0.6) is 5.75 Å². The summed E-state index contributed by atoms with van der Waals surface area (Å²) in [6, 6.07) is 9.16. The van der Waals surface area contributed by atoms with Crippen molar-refractivity contribution in [3.63, 3.8) is 0 Å². The van der Waals surface area contributed by atoms with E-state index in [9.17, 15) is 22.8 Å². The topological polar surface area (TPSA) is 98.4 Å². The fraction of sp³-hybridized carbons (Fsp3) is 0.250. The molecule has 2 heterocycles. The highest BCUT2D eigenvalue weighted by atomic mass is 19.4. The molecule has 0 aliphatic rings. The maximum Gasteiger partial charge on any atom is 0.415 e. The normalized spacial score (nSPS) is 12.2. The van der Waals surface area contributed by atoms with E-state index in [1.54, 1.807) is 12.1 Å². The van der Waals surface area contributed by atoms with Crippen LogP contribution in [-0.2, 0) is 16.1 Å². The van der Waals surface area contributed by atoms with E-state index in [4.69, 9.17) is 9.15 Å². The third kappa shape index (κ3) is 6.63. The number of nitrogens with one attached hydrogen (secondary N) is 2. The predicted octanol–water partition coefficient (Wildman–Crippen LogP) is 3.30. The number of furan rings is 1. The highest BCUT2D eigenvalue weighted by Crippen LogP contribution is 2.32. The Bertz CT molecular complexity index is 988. The summed E-state index contributed by atoms with van der Waals surface area (Å²) in [6.07, 6.45) is -0.925. The largest absolute Gasteiger partial charge is 0.493 e. The Kier molecular flexibility index (Phi) is 6.96. The van der Waals surface area contributed by atoms with E-state index < -0.39 is 30.4 Å². The average molecular weight is 436 g/mol. The van der Waals surface area contributed by atoms with Crippen molar-refractivity contribution in [3.05, 3.63) is 66.9 Å². The zero-order valence-corrected chi connectivity index (χ0v) is 16.1. The minimum Gasteiger partial charge on any atom is -0.493 e. The maximum atomic E-state index is 13.2. The van der Waals surface area contributed by atoms with Crippen molar-refractivity contribution in [1.82, 2.24) is 15.1 Å². The molecule has 8 nitrogen and oxygen atoms in total. The van der Waals surface area contributed by atoms with E-state index in [-0.39, 0.29) is 18.9 Å². The molecule has 1 atom stereocenters. The number of carbonyl (C=O) groups excluding carboxylic acids is 2. The van der Waals surface area contributed by atoms with Gasteiger partial charge in [0.25, 0.3) is 0 Å². The molecule has 3 rings (SSSR count). The highest BCUT2D eigenvalue weighted by molar-refractivity contribution is 5.90. The number of benzene rings is 1. The molecule has 31 heavy (non-hydrogen) atoms. The van der Waals surface area contributed by atoms with E-state index in [0.29, 0.717) is 11.4 Å². The smallest absolute Gasteiger partial charge is 0.415 e. The molecule has 2 N–H and O–H groups in total. The van der Waals surface area contributed by atoms with Crippen molar-refractivity contribution >= 4 is 17.5 Å². The molecule has 0 radical (unpaired) electrons. The standard InChI is InChI=1S/C20H19F3N4O4/c21-20(22,23)19(16-7-4-9-31-16)26-18(29)13-27-12-14(11-24-27)25-17(28)8-10-30-15-5-2-1-3-6-15/h1-7,9,11-12,19H,8,10,13H2,(H,25,28)(H,26,29)/t19-/m1/s1. The van der Waals surface area contributed by atoms with Crippen LogP contribution >= 0.6 is 0 Å². The summed E-state index contributed by atoms with van der Waals surface area (Å²) in [7, 11) is 0. The Morgan fingerprint density at radius 1 is 1.13 bits per heavy atom. The zero-order chi connectivity index (χ0) is 22.3. The molecule has 164 valence electrons. The van der Waals surface area contributed by atoms with Crippen LogP contribution in [0.15, 0.2) is 65.5 Å². The van der Waals surface area contributed by atoms with Crippen LogP contribution in [0.4, 0.5) is 18.9 Å². The lowest BCUT2D eigenvalue weighted by Gasteiger charge is -2.19. The highest BCUT2D eigenvalue weighted by Gasteiger charge is 2.43. The van der Waals surface area contributed by atoms with Crippen molar-refractivity contribution < 1.29 is 31.9 Å². The van der Waals surface area contributed by atoms with Crippen LogP contribution in [0.3, 0.4) is 0 Å². The third-order valence-electron chi connectivity index (χ3n) is 4.02. The molecule has 0 aliphatic heterocycles. The third-order valence-corrected chi connectivity index (χ3v) is 4.02. The molecule has 2 aromatic heterocycles. The molecule has 11 heteroatoms. The van der Waals surface area contributed by atoms with Gasteiger partial charge in [0, 0.05) is 6.20 Å². The van der Waals surface area contributed by atoms with Crippen LogP contribution in [-0.4, -0.2) is 34.4 Å². The first kappa shape index (κ1) is 21.9. The van der Waals surface area contributed by atoms with E-state index >= 15 is 0 Å². The SMILES string of the molecule is O=C(CCOc1ccccc1)Nc1cnn(CC(=O)N[C@H](c2ccco2)C(F)(F)F)c1. The van der Waals surface area contributed by atoms with Gasteiger partial charge in [-0.3, -0.25) is 14.3 Å². The van der Waals surface area contributed by atoms with Gasteiger partial charge in [-0.15, -0.1) is 0 Å². The lowest BCUT2D eigenvalue weighted by atomic mass is 10.2. The predicted molar refractivity (Wildman–Crippen MR) is 103 cm³/mol. The minimum atomic E-state index is -4.72. The Morgan fingerprint density at radius 3 is 2.58 bits per heavy atom. The summed E-state index contributed by atoms with van der Waals surface area (Å²) in [4.78, 5) is 24.0. The van der Waals surface area contributed by atoms with E-state index in [0.717, 1.165) is 17.0 Å². The molecule has 0 unspecified atom stereocenters. The molecule has 0 saturated heterocycles. The Morgan fingerprint density at radius 2 is 1.90 bits per heavy atom. The van der Waals surface area contributed by atoms with E-state index in [2.05, 4.69) is 10.4 Å². The summed E-state index contributed by atoms with van der Waals surface area (Å²) >= 11 is 0. The average Bonchev–Trinajstić information content (AvgIpc) is 3.38. The summed E-state index contributed by atoms with van der Waals surface area (Å²) in [5.41, 5.74) is 0.302. The lowest BCUT2D eigenvalue weighted by Crippen LogP contribution is -2.39. The second kappa shape index (κ2) is 9.83. The number of ether oxygens (including phenoxy) is 1. The summed E-state index contributed by atoms with van der Waals surface area (Å²) in [6.45, 7) is -0.307. The van der Waals surface area contributed by atoms with Crippen LogP contribution in [0, 0.1) is 0 Å². The molecule has 2 amide bonds. The van der Waals surface area contributed by atoms with Gasteiger partial charge >= 0.3 is 6.18 Å². The molecular weight excluding hydrogens is 417 g/mol. The summed E-state index contributed by atoms with van der Waals surface area (Å²) in [5, 5.41) is 8.33. The fourth-order valence-electron chi connectivity index (χ4n) is 2.64.